The predicted molar refractivity (Wildman–Crippen MR) is 104 cm³/mol. The Kier molecular flexibility index (Phi) is 5.04. The number of hydrazone groups is 1. The Bertz CT molecular complexity index is 903. The van der Waals surface area contributed by atoms with Gasteiger partial charge in [0.15, 0.2) is 10.9 Å². The normalized spacial score (nSPS) is 11.5. The summed E-state index contributed by atoms with van der Waals surface area (Å²) in [5.74, 6) is 0.677. The Labute approximate surface area is 154 Å². The molecule has 0 saturated carbocycles. The van der Waals surface area contributed by atoms with Gasteiger partial charge in [-0.05, 0) is 49.5 Å². The van der Waals surface area contributed by atoms with E-state index in [1.165, 1.54) is 0 Å². The van der Waals surface area contributed by atoms with Gasteiger partial charge in [0.05, 0.1) is 10.7 Å². The standard InChI is InChI=1S/C17H13Cl2N3OS/c1-10(16-8-11-4-2-3-5-15(11)23-16)21-22-17(24)20-14-7-6-12(18)9-13(14)19/h2-9H,1H3,(H2,20,22,24)/b21-10+. The molecule has 3 rings (SSSR count). The van der Waals surface area contributed by atoms with Gasteiger partial charge in [-0.1, -0.05) is 41.4 Å². The van der Waals surface area contributed by atoms with Gasteiger partial charge in [-0.3, -0.25) is 5.43 Å². The molecule has 0 radical (unpaired) electrons. The lowest BCUT2D eigenvalue weighted by molar-refractivity contribution is 0.603. The van der Waals surface area contributed by atoms with E-state index in [0.717, 1.165) is 11.0 Å². The van der Waals surface area contributed by atoms with Crippen LogP contribution in [0.4, 0.5) is 5.69 Å². The number of hydrogen-bond donors (Lipinski definition) is 2. The van der Waals surface area contributed by atoms with Gasteiger partial charge in [-0.2, -0.15) is 5.10 Å². The van der Waals surface area contributed by atoms with Crippen molar-refractivity contribution in [3.8, 4) is 0 Å². The first-order valence-electron chi connectivity index (χ1n) is 7.08. The van der Waals surface area contributed by atoms with Gasteiger partial charge in [0.25, 0.3) is 0 Å². The van der Waals surface area contributed by atoms with Crippen LogP contribution in [0.3, 0.4) is 0 Å². The van der Waals surface area contributed by atoms with Crippen molar-refractivity contribution in [3.63, 3.8) is 0 Å². The van der Waals surface area contributed by atoms with Crippen LogP contribution in [0.2, 0.25) is 10.0 Å². The number of halogens is 2. The van der Waals surface area contributed by atoms with Crippen molar-refractivity contribution in [2.75, 3.05) is 5.32 Å². The lowest BCUT2D eigenvalue weighted by Gasteiger charge is -2.09. The first-order valence-corrected chi connectivity index (χ1v) is 8.24. The topological polar surface area (TPSA) is 49.6 Å². The number of hydrogen-bond acceptors (Lipinski definition) is 3. The van der Waals surface area contributed by atoms with Gasteiger partial charge in [0.2, 0.25) is 0 Å². The summed E-state index contributed by atoms with van der Waals surface area (Å²) in [5.41, 5.74) is 4.91. The van der Waals surface area contributed by atoms with E-state index < -0.39 is 0 Å². The smallest absolute Gasteiger partial charge is 0.191 e. The van der Waals surface area contributed by atoms with Gasteiger partial charge in [-0.25, -0.2) is 0 Å². The molecule has 24 heavy (non-hydrogen) atoms. The van der Waals surface area contributed by atoms with Gasteiger partial charge in [-0.15, -0.1) is 0 Å². The molecule has 0 fully saturated rings. The predicted octanol–water partition coefficient (Wildman–Crippen LogP) is 5.45. The summed E-state index contributed by atoms with van der Waals surface area (Å²) in [4.78, 5) is 0. The highest BCUT2D eigenvalue weighted by molar-refractivity contribution is 7.80. The van der Waals surface area contributed by atoms with Gasteiger partial charge in [0.1, 0.15) is 11.3 Å². The van der Waals surface area contributed by atoms with Crippen LogP contribution >= 0.6 is 35.4 Å². The largest absolute Gasteiger partial charge is 0.455 e. The van der Waals surface area contributed by atoms with Crippen molar-refractivity contribution in [1.29, 1.82) is 0 Å². The van der Waals surface area contributed by atoms with E-state index in [1.807, 2.05) is 37.3 Å². The molecule has 1 heterocycles. The number of furan rings is 1. The number of para-hydroxylation sites is 1. The van der Waals surface area contributed by atoms with Crippen LogP contribution in [-0.2, 0) is 0 Å². The summed E-state index contributed by atoms with van der Waals surface area (Å²) in [6.07, 6.45) is 0. The molecule has 0 atom stereocenters. The van der Waals surface area contributed by atoms with Crippen LogP contribution in [0.5, 0.6) is 0 Å². The first kappa shape index (κ1) is 16.8. The molecule has 3 aromatic rings. The van der Waals surface area contributed by atoms with E-state index in [4.69, 9.17) is 39.8 Å². The van der Waals surface area contributed by atoms with Crippen molar-refractivity contribution in [2.45, 2.75) is 6.92 Å². The second-order valence-electron chi connectivity index (χ2n) is 5.04. The SMILES string of the molecule is C/C(=N\NC(=S)Nc1ccc(Cl)cc1Cl)c1cc2ccccc2o1. The van der Waals surface area contributed by atoms with Crippen LogP contribution in [0.25, 0.3) is 11.0 Å². The second-order valence-corrected chi connectivity index (χ2v) is 6.29. The second kappa shape index (κ2) is 7.21. The van der Waals surface area contributed by atoms with Crippen molar-refractivity contribution in [3.05, 3.63) is 64.3 Å². The first-order chi connectivity index (χ1) is 11.5. The molecule has 0 aliphatic rings. The lowest BCUT2D eigenvalue weighted by atomic mass is 10.2. The van der Waals surface area contributed by atoms with Gasteiger partial charge in [0, 0.05) is 10.4 Å². The van der Waals surface area contributed by atoms with Crippen LogP contribution < -0.4 is 10.7 Å². The zero-order valence-electron chi connectivity index (χ0n) is 12.6. The minimum absolute atomic E-state index is 0.315. The quantitative estimate of drug-likeness (QED) is 0.362. The highest BCUT2D eigenvalue weighted by atomic mass is 35.5. The maximum atomic E-state index is 6.09. The third kappa shape index (κ3) is 3.87. The summed E-state index contributed by atoms with van der Waals surface area (Å²) < 4.78 is 5.74. The van der Waals surface area contributed by atoms with Crippen molar-refractivity contribution in [1.82, 2.24) is 5.43 Å². The molecule has 0 bridgehead atoms. The molecule has 0 aliphatic carbocycles. The van der Waals surface area contributed by atoms with E-state index in [9.17, 15) is 0 Å². The van der Waals surface area contributed by atoms with Crippen molar-refractivity contribution in [2.24, 2.45) is 5.10 Å². The fourth-order valence-electron chi connectivity index (χ4n) is 2.09. The van der Waals surface area contributed by atoms with Gasteiger partial charge < -0.3 is 9.73 Å². The Hall–Kier alpha value is -2.08. The molecule has 0 saturated heterocycles. The fraction of sp³-hybridized carbons (Fsp3) is 0.0588. The van der Waals surface area contributed by atoms with Crippen molar-refractivity contribution < 1.29 is 4.42 Å². The summed E-state index contributed by atoms with van der Waals surface area (Å²) in [6.45, 7) is 1.84. The molecule has 0 unspecified atom stereocenters. The maximum Gasteiger partial charge on any atom is 0.191 e. The molecule has 122 valence electrons. The van der Waals surface area contributed by atoms with E-state index in [0.29, 0.717) is 32.3 Å². The van der Waals surface area contributed by atoms with Gasteiger partial charge >= 0.3 is 0 Å². The zero-order chi connectivity index (χ0) is 17.1. The van der Waals surface area contributed by atoms with Crippen LogP contribution in [-0.4, -0.2) is 10.8 Å². The Morgan fingerprint density at radius 1 is 1.12 bits per heavy atom. The molecular weight excluding hydrogens is 365 g/mol. The number of benzene rings is 2. The number of nitrogens with one attached hydrogen (secondary N) is 2. The minimum Gasteiger partial charge on any atom is -0.455 e. The summed E-state index contributed by atoms with van der Waals surface area (Å²) in [7, 11) is 0. The molecule has 1 aromatic heterocycles. The van der Waals surface area contributed by atoms with Crippen LogP contribution in [0, 0.1) is 0 Å². The summed E-state index contributed by atoms with van der Waals surface area (Å²) in [5, 5.41) is 9.57. The average molecular weight is 378 g/mol. The van der Waals surface area contributed by atoms with E-state index in [2.05, 4.69) is 15.8 Å². The highest BCUT2D eigenvalue weighted by Crippen LogP contribution is 2.25. The number of rotatable bonds is 3. The average Bonchev–Trinajstić information content (AvgIpc) is 2.99. The minimum atomic E-state index is 0.315. The molecule has 7 heteroatoms. The van der Waals surface area contributed by atoms with Crippen LogP contribution in [0.15, 0.2) is 58.0 Å². The maximum absolute atomic E-state index is 6.09. The monoisotopic (exact) mass is 377 g/mol. The number of nitrogens with zero attached hydrogens (tertiary/aromatic N) is 1. The summed E-state index contributed by atoms with van der Waals surface area (Å²) in [6, 6.07) is 14.8. The zero-order valence-corrected chi connectivity index (χ0v) is 15.0. The van der Waals surface area contributed by atoms with E-state index in [-0.39, 0.29) is 0 Å². The molecule has 0 amide bonds. The molecular formula is C17H13Cl2N3OS. The number of thiocarbonyl (C=S) groups is 1. The molecule has 0 aliphatic heterocycles. The Morgan fingerprint density at radius 3 is 2.67 bits per heavy atom. The molecule has 0 spiro atoms. The van der Waals surface area contributed by atoms with Crippen LogP contribution in [0.1, 0.15) is 12.7 Å². The third-order valence-electron chi connectivity index (χ3n) is 3.29. The Balaban J connectivity index is 1.68. The summed E-state index contributed by atoms with van der Waals surface area (Å²) >= 11 is 17.2. The van der Waals surface area contributed by atoms with Crippen molar-refractivity contribution >= 4 is 62.9 Å². The van der Waals surface area contributed by atoms with E-state index in [1.54, 1.807) is 18.2 Å². The van der Waals surface area contributed by atoms with E-state index >= 15 is 0 Å². The third-order valence-corrected chi connectivity index (χ3v) is 4.03. The number of fused-ring (bicyclic) bond motifs is 1. The molecule has 2 aromatic carbocycles. The number of anilines is 1. The Morgan fingerprint density at radius 2 is 1.92 bits per heavy atom. The fourth-order valence-corrected chi connectivity index (χ4v) is 2.70. The lowest BCUT2D eigenvalue weighted by Crippen LogP contribution is -2.25. The highest BCUT2D eigenvalue weighted by Gasteiger charge is 2.07. The molecule has 4 nitrogen and oxygen atoms in total. The molecule has 2 N–H and O–H groups in total.